The molecule has 28 heavy (non-hydrogen) atoms. The lowest BCUT2D eigenvalue weighted by molar-refractivity contribution is 0.0946. The molecular weight excluding hydrogens is 374 g/mol. The number of benzene rings is 2. The maximum Gasteiger partial charge on any atom is 0.270 e. The molecule has 0 aliphatic rings. The van der Waals surface area contributed by atoms with Crippen molar-refractivity contribution < 1.29 is 9.53 Å². The first-order valence-corrected chi connectivity index (χ1v) is 9.37. The zero-order valence-corrected chi connectivity index (χ0v) is 16.4. The second-order valence-electron chi connectivity index (χ2n) is 6.27. The van der Waals surface area contributed by atoms with E-state index in [1.807, 2.05) is 42.5 Å². The zero-order valence-electron chi connectivity index (χ0n) is 15.6. The van der Waals surface area contributed by atoms with Crippen LogP contribution in [-0.4, -0.2) is 24.5 Å². The number of carbonyl (C=O) groups is 1. The van der Waals surface area contributed by atoms with Gasteiger partial charge >= 0.3 is 0 Å². The number of hydrogen-bond donors (Lipinski definition) is 2. The van der Waals surface area contributed by atoms with Gasteiger partial charge in [0.2, 0.25) is 0 Å². The van der Waals surface area contributed by atoms with E-state index in [-0.39, 0.29) is 5.91 Å². The average molecular weight is 396 g/mol. The third kappa shape index (κ3) is 5.72. The molecule has 3 aromatic rings. The Hall–Kier alpha value is -3.05. The number of carbonyl (C=O) groups excluding carboxylic acids is 1. The van der Waals surface area contributed by atoms with E-state index in [4.69, 9.17) is 16.3 Å². The van der Waals surface area contributed by atoms with Crippen LogP contribution >= 0.6 is 11.6 Å². The first kappa shape index (κ1) is 19.7. The number of hydrogen-bond acceptors (Lipinski definition) is 4. The molecule has 0 saturated carbocycles. The minimum absolute atomic E-state index is 0.209. The molecular formula is C22H22ClN3O2. The average Bonchev–Trinajstić information content (AvgIpc) is 2.74. The normalized spacial score (nSPS) is 10.4. The van der Waals surface area contributed by atoms with E-state index < -0.39 is 0 Å². The van der Waals surface area contributed by atoms with Gasteiger partial charge in [0.25, 0.3) is 5.91 Å². The molecule has 0 atom stereocenters. The fourth-order valence-corrected chi connectivity index (χ4v) is 2.78. The van der Waals surface area contributed by atoms with Crippen LogP contribution in [0, 0.1) is 0 Å². The maximum absolute atomic E-state index is 12.2. The SMILES string of the molecule is COc1ccc(CCNc2ccc(C(=O)NCc3ccc(Cl)cc3)nc2)cc1. The summed E-state index contributed by atoms with van der Waals surface area (Å²) in [5, 5.41) is 6.84. The van der Waals surface area contributed by atoms with Crippen LogP contribution in [0.5, 0.6) is 5.75 Å². The van der Waals surface area contributed by atoms with Crippen LogP contribution < -0.4 is 15.4 Å². The van der Waals surface area contributed by atoms with E-state index in [1.54, 1.807) is 31.5 Å². The highest BCUT2D eigenvalue weighted by Gasteiger charge is 2.07. The Morgan fingerprint density at radius 1 is 1.00 bits per heavy atom. The summed E-state index contributed by atoms with van der Waals surface area (Å²) in [5.41, 5.74) is 3.46. The number of nitrogens with one attached hydrogen (secondary N) is 2. The number of aromatic nitrogens is 1. The van der Waals surface area contributed by atoms with Crippen molar-refractivity contribution in [1.29, 1.82) is 0 Å². The minimum Gasteiger partial charge on any atom is -0.497 e. The standard InChI is InChI=1S/C22H22ClN3O2/c1-28-20-9-4-16(5-10-20)12-13-24-19-8-11-21(25-15-19)22(27)26-14-17-2-6-18(23)7-3-17/h2-11,15,24H,12-14H2,1H3,(H,26,27). The number of pyridine rings is 1. The number of rotatable bonds is 8. The van der Waals surface area contributed by atoms with Crippen molar-refractivity contribution in [2.45, 2.75) is 13.0 Å². The molecule has 2 N–H and O–H groups in total. The quantitative estimate of drug-likeness (QED) is 0.596. The van der Waals surface area contributed by atoms with Crippen molar-refractivity contribution in [2.75, 3.05) is 19.0 Å². The summed E-state index contributed by atoms with van der Waals surface area (Å²) in [5.74, 6) is 0.644. The Bertz CT molecular complexity index is 895. The first-order chi connectivity index (χ1) is 13.6. The molecule has 0 aliphatic carbocycles. The predicted molar refractivity (Wildman–Crippen MR) is 112 cm³/mol. The molecule has 5 nitrogen and oxygen atoms in total. The molecule has 2 aromatic carbocycles. The smallest absolute Gasteiger partial charge is 0.270 e. The first-order valence-electron chi connectivity index (χ1n) is 8.99. The lowest BCUT2D eigenvalue weighted by Gasteiger charge is -2.08. The fraction of sp³-hybridized carbons (Fsp3) is 0.182. The van der Waals surface area contributed by atoms with Gasteiger partial charge in [-0.3, -0.25) is 4.79 Å². The van der Waals surface area contributed by atoms with Crippen LogP contribution in [0.2, 0.25) is 5.02 Å². The van der Waals surface area contributed by atoms with Gasteiger partial charge in [0.05, 0.1) is 19.0 Å². The summed E-state index contributed by atoms with van der Waals surface area (Å²) in [6.45, 7) is 1.20. The molecule has 0 fully saturated rings. The van der Waals surface area contributed by atoms with Gasteiger partial charge in [0.15, 0.2) is 0 Å². The van der Waals surface area contributed by atoms with Crippen molar-refractivity contribution in [3.8, 4) is 5.75 Å². The predicted octanol–water partition coefficient (Wildman–Crippen LogP) is 4.33. The zero-order chi connectivity index (χ0) is 19.8. The van der Waals surface area contributed by atoms with Gasteiger partial charge in [-0.2, -0.15) is 0 Å². The second kappa shape index (κ2) is 9.76. The van der Waals surface area contributed by atoms with E-state index in [1.165, 1.54) is 5.56 Å². The number of nitrogens with zero attached hydrogens (tertiary/aromatic N) is 1. The highest BCUT2D eigenvalue weighted by atomic mass is 35.5. The maximum atomic E-state index is 12.2. The third-order valence-corrected chi connectivity index (χ3v) is 4.52. The van der Waals surface area contributed by atoms with Gasteiger partial charge in [-0.15, -0.1) is 0 Å². The molecule has 3 rings (SSSR count). The van der Waals surface area contributed by atoms with Gasteiger partial charge in [0.1, 0.15) is 11.4 Å². The van der Waals surface area contributed by atoms with Gasteiger partial charge in [-0.05, 0) is 53.9 Å². The summed E-state index contributed by atoms with van der Waals surface area (Å²) in [7, 11) is 1.66. The van der Waals surface area contributed by atoms with Gasteiger partial charge in [-0.25, -0.2) is 4.98 Å². The van der Waals surface area contributed by atoms with E-state index in [0.29, 0.717) is 17.3 Å². The summed E-state index contributed by atoms with van der Waals surface area (Å²) in [4.78, 5) is 16.5. The number of amides is 1. The molecule has 0 bridgehead atoms. The number of halogens is 1. The summed E-state index contributed by atoms with van der Waals surface area (Å²) < 4.78 is 5.16. The van der Waals surface area contributed by atoms with Crippen LogP contribution in [0.15, 0.2) is 66.9 Å². The lowest BCUT2D eigenvalue weighted by Crippen LogP contribution is -2.23. The van der Waals surface area contributed by atoms with Crippen molar-refractivity contribution in [2.24, 2.45) is 0 Å². The molecule has 0 unspecified atom stereocenters. The Labute approximate surface area is 169 Å². The molecule has 1 heterocycles. The van der Waals surface area contributed by atoms with Crippen molar-refractivity contribution >= 4 is 23.2 Å². The Kier molecular flexibility index (Phi) is 6.87. The van der Waals surface area contributed by atoms with Crippen LogP contribution in [0.4, 0.5) is 5.69 Å². The molecule has 0 aliphatic heterocycles. The topological polar surface area (TPSA) is 63.2 Å². The van der Waals surface area contributed by atoms with E-state index in [2.05, 4.69) is 15.6 Å². The Morgan fingerprint density at radius 3 is 2.36 bits per heavy atom. The monoisotopic (exact) mass is 395 g/mol. The van der Waals surface area contributed by atoms with Gasteiger partial charge in [-0.1, -0.05) is 35.9 Å². The van der Waals surface area contributed by atoms with E-state index in [9.17, 15) is 4.79 Å². The summed E-state index contributed by atoms with van der Waals surface area (Å²) in [6, 6.07) is 18.9. The molecule has 144 valence electrons. The molecule has 1 aromatic heterocycles. The molecule has 1 amide bonds. The molecule has 0 spiro atoms. The third-order valence-electron chi connectivity index (χ3n) is 4.26. The summed E-state index contributed by atoms with van der Waals surface area (Å²) in [6.07, 6.45) is 2.55. The fourth-order valence-electron chi connectivity index (χ4n) is 2.65. The Balaban J connectivity index is 1.45. The van der Waals surface area contributed by atoms with Crippen molar-refractivity contribution in [3.05, 3.63) is 88.7 Å². The molecule has 0 radical (unpaired) electrons. The number of anilines is 1. The number of ether oxygens (including phenoxy) is 1. The second-order valence-corrected chi connectivity index (χ2v) is 6.70. The van der Waals surface area contributed by atoms with E-state index >= 15 is 0 Å². The van der Waals surface area contributed by atoms with Crippen molar-refractivity contribution in [1.82, 2.24) is 10.3 Å². The van der Waals surface area contributed by atoms with Crippen molar-refractivity contribution in [3.63, 3.8) is 0 Å². The highest BCUT2D eigenvalue weighted by molar-refractivity contribution is 6.30. The van der Waals surface area contributed by atoms with Gasteiger partial charge in [0, 0.05) is 18.1 Å². The summed E-state index contributed by atoms with van der Waals surface area (Å²) >= 11 is 5.86. The van der Waals surface area contributed by atoms with Crippen LogP contribution in [-0.2, 0) is 13.0 Å². The van der Waals surface area contributed by atoms with Crippen LogP contribution in [0.1, 0.15) is 21.6 Å². The lowest BCUT2D eigenvalue weighted by atomic mass is 10.1. The molecule has 0 saturated heterocycles. The minimum atomic E-state index is -0.209. The van der Waals surface area contributed by atoms with Crippen LogP contribution in [0.25, 0.3) is 0 Å². The van der Waals surface area contributed by atoms with E-state index in [0.717, 1.165) is 30.0 Å². The molecule has 6 heteroatoms. The van der Waals surface area contributed by atoms with Gasteiger partial charge < -0.3 is 15.4 Å². The highest BCUT2D eigenvalue weighted by Crippen LogP contribution is 2.13. The Morgan fingerprint density at radius 2 is 1.71 bits per heavy atom. The van der Waals surface area contributed by atoms with Crippen LogP contribution in [0.3, 0.4) is 0 Å². The number of methoxy groups -OCH3 is 1. The largest absolute Gasteiger partial charge is 0.497 e.